The first-order valence-corrected chi connectivity index (χ1v) is 7.01. The Labute approximate surface area is 117 Å². The molecule has 1 aliphatic carbocycles. The Balaban J connectivity index is 1.88. The first-order chi connectivity index (χ1) is 9.63. The molecule has 0 spiro atoms. The second kappa shape index (κ2) is 5.37. The highest BCUT2D eigenvalue weighted by Gasteiger charge is 2.17. The molecule has 2 N–H and O–H groups in total. The summed E-state index contributed by atoms with van der Waals surface area (Å²) < 4.78 is 28.8. The van der Waals surface area contributed by atoms with E-state index in [9.17, 15) is 8.78 Å². The van der Waals surface area contributed by atoms with Crippen LogP contribution in [0.15, 0.2) is 30.6 Å². The van der Waals surface area contributed by atoms with E-state index < -0.39 is 5.82 Å². The van der Waals surface area contributed by atoms with E-state index in [1.807, 2.05) is 17.0 Å². The highest BCUT2D eigenvalue weighted by Crippen LogP contribution is 2.28. The van der Waals surface area contributed by atoms with E-state index in [2.05, 4.69) is 0 Å². The van der Waals surface area contributed by atoms with Crippen LogP contribution in [-0.2, 0) is 13.0 Å². The van der Waals surface area contributed by atoms with Crippen LogP contribution in [0.3, 0.4) is 0 Å². The minimum Gasteiger partial charge on any atom is -0.349 e. The summed E-state index contributed by atoms with van der Waals surface area (Å²) in [7, 11) is 0. The van der Waals surface area contributed by atoms with E-state index in [-0.39, 0.29) is 11.9 Å². The number of benzene rings is 1. The van der Waals surface area contributed by atoms with E-state index in [1.54, 1.807) is 0 Å². The standard InChI is InChI=1S/C16H18F2N2/c17-13-5-6-15(18)12(7-13)9-20-8-11-3-1-2-4-16(19)14(11)10-20/h5-8,10,16H,1-4,9,19H2. The van der Waals surface area contributed by atoms with Gasteiger partial charge in [-0.3, -0.25) is 0 Å². The molecule has 0 saturated heterocycles. The number of hydrogen-bond acceptors (Lipinski definition) is 1. The van der Waals surface area contributed by atoms with Crippen molar-refractivity contribution in [1.29, 1.82) is 0 Å². The topological polar surface area (TPSA) is 30.9 Å². The number of aromatic nitrogens is 1. The van der Waals surface area contributed by atoms with Crippen molar-refractivity contribution in [2.24, 2.45) is 5.73 Å². The molecule has 0 radical (unpaired) electrons. The molecule has 2 aromatic rings. The van der Waals surface area contributed by atoms with Gasteiger partial charge in [0, 0.05) is 24.0 Å². The summed E-state index contributed by atoms with van der Waals surface area (Å²) in [5, 5.41) is 0. The zero-order chi connectivity index (χ0) is 14.1. The Morgan fingerprint density at radius 2 is 2.05 bits per heavy atom. The largest absolute Gasteiger partial charge is 0.349 e. The predicted molar refractivity (Wildman–Crippen MR) is 74.4 cm³/mol. The van der Waals surface area contributed by atoms with Crippen molar-refractivity contribution in [2.45, 2.75) is 38.3 Å². The molecular formula is C16H18F2N2. The third kappa shape index (κ3) is 2.61. The third-order valence-corrected chi connectivity index (χ3v) is 3.97. The molecule has 0 amide bonds. The Kier molecular flexibility index (Phi) is 3.57. The van der Waals surface area contributed by atoms with Gasteiger partial charge in [0.05, 0.1) is 6.54 Å². The van der Waals surface area contributed by atoms with Crippen LogP contribution >= 0.6 is 0 Å². The van der Waals surface area contributed by atoms with Crippen molar-refractivity contribution in [1.82, 2.24) is 4.57 Å². The molecule has 20 heavy (non-hydrogen) atoms. The molecule has 0 saturated carbocycles. The Hall–Kier alpha value is -1.68. The highest BCUT2D eigenvalue weighted by molar-refractivity contribution is 5.30. The maximum absolute atomic E-state index is 13.7. The molecule has 106 valence electrons. The van der Waals surface area contributed by atoms with Gasteiger partial charge in [-0.2, -0.15) is 0 Å². The van der Waals surface area contributed by atoms with Crippen LogP contribution in [0.5, 0.6) is 0 Å². The molecule has 1 heterocycles. The van der Waals surface area contributed by atoms with Crippen LogP contribution in [0.4, 0.5) is 8.78 Å². The summed E-state index contributed by atoms with van der Waals surface area (Å²) >= 11 is 0. The number of rotatable bonds is 2. The number of fused-ring (bicyclic) bond motifs is 1. The van der Waals surface area contributed by atoms with Crippen molar-refractivity contribution < 1.29 is 8.78 Å². The van der Waals surface area contributed by atoms with Gasteiger partial charge in [0.1, 0.15) is 11.6 Å². The third-order valence-electron chi connectivity index (χ3n) is 3.97. The molecule has 0 aliphatic heterocycles. The zero-order valence-corrected chi connectivity index (χ0v) is 11.3. The highest BCUT2D eigenvalue weighted by atomic mass is 19.1. The number of halogens is 2. The van der Waals surface area contributed by atoms with E-state index in [0.29, 0.717) is 12.1 Å². The van der Waals surface area contributed by atoms with Gasteiger partial charge in [-0.25, -0.2) is 8.78 Å². The van der Waals surface area contributed by atoms with Crippen molar-refractivity contribution in [3.8, 4) is 0 Å². The normalized spacial score (nSPS) is 18.6. The first kappa shape index (κ1) is 13.3. The van der Waals surface area contributed by atoms with Crippen molar-refractivity contribution in [3.05, 3.63) is 58.9 Å². The number of hydrogen-bond donors (Lipinski definition) is 1. The second-order valence-corrected chi connectivity index (χ2v) is 5.50. The van der Waals surface area contributed by atoms with E-state index in [1.165, 1.54) is 17.7 Å². The SMILES string of the molecule is NC1CCCCc2cn(Cc3cc(F)ccc3F)cc21. The van der Waals surface area contributed by atoms with Crippen molar-refractivity contribution >= 4 is 0 Å². The Bertz CT molecular complexity index is 619. The summed E-state index contributed by atoms with van der Waals surface area (Å²) in [4.78, 5) is 0. The maximum atomic E-state index is 13.7. The van der Waals surface area contributed by atoms with Crippen LogP contribution in [-0.4, -0.2) is 4.57 Å². The lowest BCUT2D eigenvalue weighted by molar-refractivity contribution is 0.575. The van der Waals surface area contributed by atoms with Crippen LogP contribution in [0.2, 0.25) is 0 Å². The van der Waals surface area contributed by atoms with Crippen molar-refractivity contribution in [2.75, 3.05) is 0 Å². The maximum Gasteiger partial charge on any atom is 0.128 e. The van der Waals surface area contributed by atoms with Gasteiger partial charge < -0.3 is 10.3 Å². The smallest absolute Gasteiger partial charge is 0.128 e. The summed E-state index contributed by atoms with van der Waals surface area (Å²) in [6.07, 6.45) is 8.29. The van der Waals surface area contributed by atoms with Gasteiger partial charge in [-0.15, -0.1) is 0 Å². The van der Waals surface area contributed by atoms with Gasteiger partial charge in [-0.05, 0) is 48.6 Å². The van der Waals surface area contributed by atoms with Gasteiger partial charge in [0.25, 0.3) is 0 Å². The molecule has 1 atom stereocenters. The summed E-state index contributed by atoms with van der Waals surface area (Å²) in [6.45, 7) is 0.337. The molecule has 0 bridgehead atoms. The summed E-state index contributed by atoms with van der Waals surface area (Å²) in [6, 6.07) is 3.62. The van der Waals surface area contributed by atoms with Crippen LogP contribution < -0.4 is 5.73 Å². The van der Waals surface area contributed by atoms with Gasteiger partial charge >= 0.3 is 0 Å². The van der Waals surface area contributed by atoms with Crippen LogP contribution in [0.25, 0.3) is 0 Å². The fourth-order valence-electron chi connectivity index (χ4n) is 2.90. The van der Waals surface area contributed by atoms with Gasteiger partial charge in [0.2, 0.25) is 0 Å². The minimum atomic E-state index is -0.410. The molecule has 1 aliphatic rings. The minimum absolute atomic E-state index is 0.0612. The lowest BCUT2D eigenvalue weighted by Crippen LogP contribution is -2.09. The van der Waals surface area contributed by atoms with Crippen LogP contribution in [0.1, 0.15) is 42.0 Å². The van der Waals surface area contributed by atoms with E-state index in [4.69, 9.17) is 5.73 Å². The Morgan fingerprint density at radius 1 is 1.20 bits per heavy atom. The molecule has 4 heteroatoms. The first-order valence-electron chi connectivity index (χ1n) is 7.01. The zero-order valence-electron chi connectivity index (χ0n) is 11.3. The molecule has 2 nitrogen and oxygen atoms in total. The Morgan fingerprint density at radius 3 is 2.90 bits per heavy atom. The molecule has 1 aromatic heterocycles. The fraction of sp³-hybridized carbons (Fsp3) is 0.375. The summed E-state index contributed by atoms with van der Waals surface area (Å²) in [5.74, 6) is -0.786. The van der Waals surface area contributed by atoms with Crippen LogP contribution in [0, 0.1) is 11.6 Å². The number of aryl methyl sites for hydroxylation is 1. The quantitative estimate of drug-likeness (QED) is 0.836. The van der Waals surface area contributed by atoms with E-state index in [0.717, 1.165) is 37.3 Å². The monoisotopic (exact) mass is 276 g/mol. The predicted octanol–water partition coefficient (Wildman–Crippen LogP) is 3.54. The second-order valence-electron chi connectivity index (χ2n) is 5.50. The molecule has 1 aromatic carbocycles. The molecule has 1 unspecified atom stereocenters. The average molecular weight is 276 g/mol. The summed E-state index contributed by atoms with van der Waals surface area (Å²) in [5.41, 5.74) is 8.92. The molecular weight excluding hydrogens is 258 g/mol. The van der Waals surface area contributed by atoms with Gasteiger partial charge in [-0.1, -0.05) is 6.42 Å². The number of nitrogens with two attached hydrogens (primary N) is 1. The average Bonchev–Trinajstić information content (AvgIpc) is 2.74. The number of nitrogens with zero attached hydrogens (tertiary/aromatic N) is 1. The molecule has 0 fully saturated rings. The van der Waals surface area contributed by atoms with Gasteiger partial charge in [0.15, 0.2) is 0 Å². The fourth-order valence-corrected chi connectivity index (χ4v) is 2.90. The van der Waals surface area contributed by atoms with E-state index >= 15 is 0 Å². The molecule has 3 rings (SSSR count). The lowest BCUT2D eigenvalue weighted by Gasteiger charge is -2.08. The lowest BCUT2D eigenvalue weighted by atomic mass is 10.1. The van der Waals surface area contributed by atoms with Crippen molar-refractivity contribution in [3.63, 3.8) is 0 Å².